The fraction of sp³-hybridized carbons (Fsp3) is 0.400. The molecule has 0 aliphatic rings. The predicted molar refractivity (Wildman–Crippen MR) is 55.7 cm³/mol. The molecule has 1 aromatic carbocycles. The third kappa shape index (κ3) is 2.04. The van der Waals surface area contributed by atoms with E-state index in [4.69, 9.17) is 25.8 Å². The average molecular weight is 217 g/mol. The van der Waals surface area contributed by atoms with Crippen LogP contribution < -0.4 is 14.2 Å². The van der Waals surface area contributed by atoms with Crippen molar-refractivity contribution in [3.63, 3.8) is 0 Å². The molecule has 0 radical (unpaired) electrons. The first-order chi connectivity index (χ1) is 6.76. The SMILES string of the molecule is COc1cc(OC)c(CCl)c(OC)c1. The molecule has 0 unspecified atom stereocenters. The molecule has 1 aromatic rings. The second kappa shape index (κ2) is 4.96. The van der Waals surface area contributed by atoms with Crippen molar-refractivity contribution in [1.29, 1.82) is 0 Å². The number of hydrogen-bond donors (Lipinski definition) is 0. The Hall–Kier alpha value is -1.09. The lowest BCUT2D eigenvalue weighted by molar-refractivity contribution is 0.370. The van der Waals surface area contributed by atoms with Gasteiger partial charge in [0.1, 0.15) is 17.2 Å². The van der Waals surface area contributed by atoms with E-state index < -0.39 is 0 Å². The van der Waals surface area contributed by atoms with E-state index in [0.717, 1.165) is 5.56 Å². The van der Waals surface area contributed by atoms with Crippen LogP contribution in [0.5, 0.6) is 17.2 Å². The summed E-state index contributed by atoms with van der Waals surface area (Å²) < 4.78 is 15.4. The zero-order valence-electron chi connectivity index (χ0n) is 8.46. The first-order valence-electron chi connectivity index (χ1n) is 4.11. The van der Waals surface area contributed by atoms with Gasteiger partial charge in [-0.1, -0.05) is 0 Å². The molecule has 4 heteroatoms. The summed E-state index contributed by atoms with van der Waals surface area (Å²) in [5.74, 6) is 2.39. The minimum Gasteiger partial charge on any atom is -0.496 e. The van der Waals surface area contributed by atoms with Gasteiger partial charge < -0.3 is 14.2 Å². The summed E-state index contributed by atoms with van der Waals surface area (Å²) in [5.41, 5.74) is 0.831. The van der Waals surface area contributed by atoms with E-state index in [0.29, 0.717) is 23.1 Å². The van der Waals surface area contributed by atoms with Gasteiger partial charge in [0.05, 0.1) is 32.8 Å². The summed E-state index contributed by atoms with van der Waals surface area (Å²) in [6.45, 7) is 0. The summed E-state index contributed by atoms with van der Waals surface area (Å²) in [6, 6.07) is 3.56. The summed E-state index contributed by atoms with van der Waals surface area (Å²) in [4.78, 5) is 0. The molecular formula is C10H13ClO3. The van der Waals surface area contributed by atoms with Gasteiger partial charge in [-0.3, -0.25) is 0 Å². The lowest BCUT2D eigenvalue weighted by atomic mass is 10.2. The Morgan fingerprint density at radius 3 is 1.79 bits per heavy atom. The van der Waals surface area contributed by atoms with Crippen molar-refractivity contribution in [3.8, 4) is 17.2 Å². The molecule has 0 aliphatic carbocycles. The van der Waals surface area contributed by atoms with Gasteiger partial charge in [0.25, 0.3) is 0 Å². The number of hydrogen-bond acceptors (Lipinski definition) is 3. The maximum atomic E-state index is 5.79. The van der Waals surface area contributed by atoms with E-state index in [1.54, 1.807) is 33.5 Å². The van der Waals surface area contributed by atoms with E-state index >= 15 is 0 Å². The Bertz CT molecular complexity index is 287. The van der Waals surface area contributed by atoms with Crippen molar-refractivity contribution in [1.82, 2.24) is 0 Å². The monoisotopic (exact) mass is 216 g/mol. The highest BCUT2D eigenvalue weighted by Gasteiger charge is 2.11. The molecule has 1 rings (SSSR count). The van der Waals surface area contributed by atoms with Gasteiger partial charge in [0.2, 0.25) is 0 Å². The molecule has 0 atom stereocenters. The second-order valence-electron chi connectivity index (χ2n) is 2.64. The molecule has 0 saturated carbocycles. The quantitative estimate of drug-likeness (QED) is 0.724. The number of ether oxygens (including phenoxy) is 3. The van der Waals surface area contributed by atoms with Crippen LogP contribution >= 0.6 is 11.6 Å². The van der Waals surface area contributed by atoms with Gasteiger partial charge in [-0.2, -0.15) is 0 Å². The normalized spacial score (nSPS) is 9.71. The second-order valence-corrected chi connectivity index (χ2v) is 2.91. The van der Waals surface area contributed by atoms with Crippen molar-refractivity contribution in [3.05, 3.63) is 17.7 Å². The van der Waals surface area contributed by atoms with E-state index in [9.17, 15) is 0 Å². The Morgan fingerprint density at radius 1 is 1.00 bits per heavy atom. The number of methoxy groups -OCH3 is 3. The molecule has 0 spiro atoms. The van der Waals surface area contributed by atoms with Gasteiger partial charge in [-0.25, -0.2) is 0 Å². The minimum absolute atomic E-state index is 0.344. The largest absolute Gasteiger partial charge is 0.496 e. The number of benzene rings is 1. The van der Waals surface area contributed by atoms with Crippen molar-refractivity contribution in [2.24, 2.45) is 0 Å². The zero-order valence-corrected chi connectivity index (χ0v) is 9.22. The Kier molecular flexibility index (Phi) is 3.89. The standard InChI is InChI=1S/C10H13ClO3/c1-12-7-4-9(13-2)8(6-11)10(5-7)14-3/h4-5H,6H2,1-3H3. The fourth-order valence-corrected chi connectivity index (χ4v) is 1.47. The Balaban J connectivity index is 3.24. The molecule has 0 saturated heterocycles. The number of rotatable bonds is 4. The Morgan fingerprint density at radius 2 is 1.50 bits per heavy atom. The van der Waals surface area contributed by atoms with Crippen LogP contribution in [0.25, 0.3) is 0 Å². The lowest BCUT2D eigenvalue weighted by Gasteiger charge is -2.12. The van der Waals surface area contributed by atoms with Crippen LogP contribution in [-0.4, -0.2) is 21.3 Å². The summed E-state index contributed by atoms with van der Waals surface area (Å²) in [6.07, 6.45) is 0. The molecule has 0 N–H and O–H groups in total. The molecule has 14 heavy (non-hydrogen) atoms. The maximum Gasteiger partial charge on any atom is 0.130 e. The highest BCUT2D eigenvalue weighted by molar-refractivity contribution is 6.17. The van der Waals surface area contributed by atoms with Gasteiger partial charge in [0.15, 0.2) is 0 Å². The number of alkyl halides is 1. The Labute approximate surface area is 88.5 Å². The smallest absolute Gasteiger partial charge is 0.130 e. The van der Waals surface area contributed by atoms with Crippen LogP contribution in [0.2, 0.25) is 0 Å². The maximum absolute atomic E-state index is 5.79. The zero-order chi connectivity index (χ0) is 10.6. The molecule has 0 fully saturated rings. The van der Waals surface area contributed by atoms with Crippen LogP contribution in [0.3, 0.4) is 0 Å². The minimum atomic E-state index is 0.344. The third-order valence-electron chi connectivity index (χ3n) is 1.95. The van der Waals surface area contributed by atoms with Crippen LogP contribution in [0.15, 0.2) is 12.1 Å². The summed E-state index contributed by atoms with van der Waals surface area (Å²) >= 11 is 5.79. The van der Waals surface area contributed by atoms with Gasteiger partial charge in [-0.15, -0.1) is 11.6 Å². The highest BCUT2D eigenvalue weighted by Crippen LogP contribution is 2.34. The molecule has 3 nitrogen and oxygen atoms in total. The molecule has 0 aromatic heterocycles. The van der Waals surface area contributed by atoms with Crippen molar-refractivity contribution >= 4 is 11.6 Å². The van der Waals surface area contributed by atoms with Gasteiger partial charge in [-0.05, 0) is 0 Å². The fourth-order valence-electron chi connectivity index (χ4n) is 1.21. The third-order valence-corrected chi connectivity index (χ3v) is 2.22. The topological polar surface area (TPSA) is 27.7 Å². The van der Waals surface area contributed by atoms with Crippen molar-refractivity contribution in [2.75, 3.05) is 21.3 Å². The van der Waals surface area contributed by atoms with E-state index in [-0.39, 0.29) is 0 Å². The van der Waals surface area contributed by atoms with Crippen LogP contribution in [0, 0.1) is 0 Å². The first-order valence-corrected chi connectivity index (χ1v) is 4.65. The van der Waals surface area contributed by atoms with E-state index in [1.165, 1.54) is 0 Å². The molecular weight excluding hydrogens is 204 g/mol. The average Bonchev–Trinajstić information content (AvgIpc) is 2.26. The molecule has 0 amide bonds. The molecule has 78 valence electrons. The van der Waals surface area contributed by atoms with Gasteiger partial charge >= 0.3 is 0 Å². The highest BCUT2D eigenvalue weighted by atomic mass is 35.5. The predicted octanol–water partition coefficient (Wildman–Crippen LogP) is 2.45. The van der Waals surface area contributed by atoms with Crippen LogP contribution in [0.1, 0.15) is 5.56 Å². The van der Waals surface area contributed by atoms with Gasteiger partial charge in [0, 0.05) is 12.1 Å². The molecule has 0 aliphatic heterocycles. The van der Waals surface area contributed by atoms with Crippen molar-refractivity contribution < 1.29 is 14.2 Å². The van der Waals surface area contributed by atoms with Crippen LogP contribution in [-0.2, 0) is 5.88 Å². The number of halogens is 1. The lowest BCUT2D eigenvalue weighted by Crippen LogP contribution is -1.96. The van der Waals surface area contributed by atoms with E-state index in [2.05, 4.69) is 0 Å². The summed E-state index contributed by atoms with van der Waals surface area (Å²) in [7, 11) is 4.77. The molecule has 0 bridgehead atoms. The summed E-state index contributed by atoms with van der Waals surface area (Å²) in [5, 5.41) is 0. The molecule has 0 heterocycles. The van der Waals surface area contributed by atoms with Crippen LogP contribution in [0.4, 0.5) is 0 Å². The van der Waals surface area contributed by atoms with Crippen molar-refractivity contribution in [2.45, 2.75) is 5.88 Å². The van der Waals surface area contributed by atoms with E-state index in [1.807, 2.05) is 0 Å². The first kappa shape index (κ1) is 11.0.